The van der Waals surface area contributed by atoms with Gasteiger partial charge in [0, 0.05) is 0 Å². The Hall–Kier alpha value is -0.830. The number of epoxide rings is 1. The highest BCUT2D eigenvalue weighted by Gasteiger charge is 2.60. The summed E-state index contributed by atoms with van der Waals surface area (Å²) in [6.45, 7) is 8.52. The quantitative estimate of drug-likeness (QED) is 0.415. The van der Waals surface area contributed by atoms with Gasteiger partial charge in [0.1, 0.15) is 0 Å². The molecular weight excluding hydrogens is 240 g/mol. The van der Waals surface area contributed by atoms with Gasteiger partial charge in [-0.15, -0.1) is 0 Å². The molecule has 0 aromatic heterocycles. The van der Waals surface area contributed by atoms with Gasteiger partial charge in [-0.25, -0.2) is 0 Å². The van der Waals surface area contributed by atoms with Gasteiger partial charge in [0.15, 0.2) is 0 Å². The standard InChI is InChI=1S/C16H24O3/c1-10-5-6-13-16(3,19-13)8-7-12-11(10)9-15(12,2)14(17)18-4/h11-13H,1,5-9H2,2-4H3/t11-,12-,13-,15+,16+/m1/s1. The number of carbonyl (C=O) groups excluding carboxylic acids is 1. The zero-order chi connectivity index (χ0) is 13.8. The highest BCUT2D eigenvalue weighted by atomic mass is 16.6. The molecule has 0 radical (unpaired) electrons. The third-order valence-corrected chi connectivity index (χ3v) is 5.84. The predicted molar refractivity (Wildman–Crippen MR) is 72.6 cm³/mol. The van der Waals surface area contributed by atoms with Crippen molar-refractivity contribution in [2.45, 2.75) is 57.7 Å². The van der Waals surface area contributed by atoms with Gasteiger partial charge in [0.25, 0.3) is 0 Å². The fraction of sp³-hybridized carbons (Fsp3) is 0.812. The van der Waals surface area contributed by atoms with Crippen molar-refractivity contribution in [1.82, 2.24) is 0 Å². The Balaban J connectivity index is 1.80. The van der Waals surface area contributed by atoms with E-state index in [0.717, 1.165) is 32.1 Å². The second kappa shape index (κ2) is 4.08. The Morgan fingerprint density at radius 1 is 1.42 bits per heavy atom. The molecule has 0 unspecified atom stereocenters. The van der Waals surface area contributed by atoms with E-state index in [4.69, 9.17) is 9.47 Å². The summed E-state index contributed by atoms with van der Waals surface area (Å²) in [5.41, 5.74) is 1.06. The van der Waals surface area contributed by atoms with Crippen molar-refractivity contribution in [2.75, 3.05) is 7.11 Å². The number of methoxy groups -OCH3 is 1. The summed E-state index contributed by atoms with van der Waals surface area (Å²) in [7, 11) is 1.49. The van der Waals surface area contributed by atoms with Crippen LogP contribution in [0.2, 0.25) is 0 Å². The summed E-state index contributed by atoms with van der Waals surface area (Å²) in [5, 5.41) is 0. The first kappa shape index (κ1) is 13.2. The van der Waals surface area contributed by atoms with Gasteiger partial charge in [0.2, 0.25) is 0 Å². The molecule has 106 valence electrons. The minimum atomic E-state index is -0.312. The number of fused-ring (bicyclic) bond motifs is 2. The molecule has 3 nitrogen and oxygen atoms in total. The van der Waals surface area contributed by atoms with Gasteiger partial charge in [-0.3, -0.25) is 4.79 Å². The lowest BCUT2D eigenvalue weighted by Gasteiger charge is -2.52. The molecule has 3 fully saturated rings. The number of ether oxygens (including phenoxy) is 2. The fourth-order valence-corrected chi connectivity index (χ4v) is 4.27. The van der Waals surface area contributed by atoms with Crippen molar-refractivity contribution in [2.24, 2.45) is 17.3 Å². The average Bonchev–Trinajstić information content (AvgIpc) is 3.01. The molecule has 1 aliphatic heterocycles. The van der Waals surface area contributed by atoms with Crippen molar-refractivity contribution >= 4 is 5.97 Å². The van der Waals surface area contributed by atoms with Crippen LogP contribution in [0.1, 0.15) is 46.0 Å². The normalized spacial score (nSPS) is 48.8. The third-order valence-electron chi connectivity index (χ3n) is 5.84. The largest absolute Gasteiger partial charge is 0.469 e. The summed E-state index contributed by atoms with van der Waals surface area (Å²) in [6.07, 6.45) is 5.55. The Morgan fingerprint density at radius 2 is 2.16 bits per heavy atom. The average molecular weight is 264 g/mol. The van der Waals surface area contributed by atoms with Gasteiger partial charge in [-0.05, 0) is 57.8 Å². The molecule has 2 saturated carbocycles. The SMILES string of the molecule is C=C1CC[C@H]2O[C@@]2(C)CC[C@@H]2[C@@H]1C[C@]2(C)C(=O)OC. The van der Waals surface area contributed by atoms with E-state index in [0.29, 0.717) is 17.9 Å². The van der Waals surface area contributed by atoms with Crippen LogP contribution in [0.15, 0.2) is 12.2 Å². The maximum atomic E-state index is 12.1. The van der Waals surface area contributed by atoms with Crippen LogP contribution < -0.4 is 0 Å². The molecule has 3 rings (SSSR count). The molecule has 0 spiro atoms. The van der Waals surface area contributed by atoms with Crippen LogP contribution in [-0.4, -0.2) is 24.8 Å². The smallest absolute Gasteiger partial charge is 0.311 e. The second-order valence-corrected chi connectivity index (χ2v) is 6.98. The Labute approximate surface area is 115 Å². The lowest BCUT2D eigenvalue weighted by Crippen LogP contribution is -2.52. The number of hydrogen-bond acceptors (Lipinski definition) is 3. The summed E-state index contributed by atoms with van der Waals surface area (Å²) >= 11 is 0. The number of carbonyl (C=O) groups is 1. The highest BCUT2D eigenvalue weighted by molar-refractivity contribution is 5.78. The van der Waals surface area contributed by atoms with Crippen LogP contribution >= 0.6 is 0 Å². The van der Waals surface area contributed by atoms with Crippen LogP contribution in [0.5, 0.6) is 0 Å². The summed E-state index contributed by atoms with van der Waals surface area (Å²) in [4.78, 5) is 12.1. The van der Waals surface area contributed by atoms with Crippen LogP contribution in [-0.2, 0) is 14.3 Å². The van der Waals surface area contributed by atoms with Crippen molar-refractivity contribution in [3.8, 4) is 0 Å². The van der Waals surface area contributed by atoms with Gasteiger partial charge < -0.3 is 9.47 Å². The van der Waals surface area contributed by atoms with Crippen LogP contribution in [0.25, 0.3) is 0 Å². The first-order chi connectivity index (χ1) is 8.90. The number of allylic oxidation sites excluding steroid dienone is 1. The number of rotatable bonds is 1. The summed E-state index contributed by atoms with van der Waals surface area (Å²) < 4.78 is 10.8. The summed E-state index contributed by atoms with van der Waals surface area (Å²) in [6, 6.07) is 0. The van der Waals surface area contributed by atoms with E-state index >= 15 is 0 Å². The van der Waals surface area contributed by atoms with E-state index in [1.54, 1.807) is 0 Å². The zero-order valence-electron chi connectivity index (χ0n) is 12.2. The zero-order valence-corrected chi connectivity index (χ0v) is 12.2. The molecule has 3 heteroatoms. The lowest BCUT2D eigenvalue weighted by atomic mass is 9.51. The molecule has 0 amide bonds. The van der Waals surface area contributed by atoms with Crippen molar-refractivity contribution < 1.29 is 14.3 Å². The van der Waals surface area contributed by atoms with Gasteiger partial charge in [-0.2, -0.15) is 0 Å². The Morgan fingerprint density at radius 3 is 2.84 bits per heavy atom. The highest BCUT2D eigenvalue weighted by Crippen LogP contribution is 2.59. The van der Waals surface area contributed by atoms with E-state index < -0.39 is 0 Å². The molecule has 0 aromatic carbocycles. The van der Waals surface area contributed by atoms with Crippen LogP contribution in [0.3, 0.4) is 0 Å². The maximum Gasteiger partial charge on any atom is 0.311 e. The van der Waals surface area contributed by atoms with Crippen LogP contribution in [0, 0.1) is 17.3 Å². The molecule has 19 heavy (non-hydrogen) atoms. The van der Waals surface area contributed by atoms with E-state index in [1.807, 2.05) is 0 Å². The third kappa shape index (κ3) is 1.85. The molecule has 0 N–H and O–H groups in total. The number of hydrogen-bond donors (Lipinski definition) is 0. The minimum Gasteiger partial charge on any atom is -0.469 e. The molecule has 5 atom stereocenters. The van der Waals surface area contributed by atoms with Gasteiger partial charge >= 0.3 is 5.97 Å². The van der Waals surface area contributed by atoms with E-state index in [-0.39, 0.29) is 17.0 Å². The van der Waals surface area contributed by atoms with Crippen molar-refractivity contribution in [1.29, 1.82) is 0 Å². The molecule has 3 aliphatic rings. The second-order valence-electron chi connectivity index (χ2n) is 6.98. The van der Waals surface area contributed by atoms with Crippen LogP contribution in [0.4, 0.5) is 0 Å². The molecular formula is C16H24O3. The van der Waals surface area contributed by atoms with E-state index in [1.165, 1.54) is 12.7 Å². The Kier molecular flexibility index (Phi) is 2.83. The van der Waals surface area contributed by atoms with Gasteiger partial charge in [0.05, 0.1) is 24.2 Å². The first-order valence-corrected chi connectivity index (χ1v) is 7.34. The molecule has 0 aromatic rings. The fourth-order valence-electron chi connectivity index (χ4n) is 4.27. The summed E-state index contributed by atoms with van der Waals surface area (Å²) in [5.74, 6) is 0.830. The lowest BCUT2D eigenvalue weighted by molar-refractivity contribution is -0.168. The Bertz CT molecular complexity index is 430. The maximum absolute atomic E-state index is 12.1. The minimum absolute atomic E-state index is 0.0563. The monoisotopic (exact) mass is 264 g/mol. The number of esters is 1. The van der Waals surface area contributed by atoms with Gasteiger partial charge in [-0.1, -0.05) is 12.2 Å². The van der Waals surface area contributed by atoms with Crippen molar-refractivity contribution in [3.63, 3.8) is 0 Å². The molecule has 2 aliphatic carbocycles. The first-order valence-electron chi connectivity index (χ1n) is 7.34. The molecule has 1 saturated heterocycles. The molecule has 1 heterocycles. The topological polar surface area (TPSA) is 38.8 Å². The molecule has 0 bridgehead atoms. The van der Waals surface area contributed by atoms with E-state index in [9.17, 15) is 4.79 Å². The van der Waals surface area contributed by atoms with Crippen molar-refractivity contribution in [3.05, 3.63) is 12.2 Å². The predicted octanol–water partition coefficient (Wildman–Crippen LogP) is 3.09. The van der Waals surface area contributed by atoms with E-state index in [2.05, 4.69) is 20.4 Å².